The topological polar surface area (TPSA) is 64.9 Å². The summed E-state index contributed by atoms with van der Waals surface area (Å²) in [5, 5.41) is 0.578. The highest BCUT2D eigenvalue weighted by Crippen LogP contribution is 2.28. The number of benzene rings is 1. The summed E-state index contributed by atoms with van der Waals surface area (Å²) in [6.45, 7) is 0. The van der Waals surface area contributed by atoms with Crippen LogP contribution >= 0.6 is 0 Å². The van der Waals surface area contributed by atoms with Crippen LogP contribution in [-0.4, -0.2) is 9.97 Å². The van der Waals surface area contributed by atoms with Gasteiger partial charge in [-0.2, -0.15) is 0 Å². The SMILES string of the molecule is Nc1nc(-c2ccco2)c2cccc(F)c2n1. The average Bonchev–Trinajstić information content (AvgIpc) is 2.83. The van der Waals surface area contributed by atoms with Gasteiger partial charge in [0.25, 0.3) is 0 Å². The van der Waals surface area contributed by atoms with E-state index < -0.39 is 5.82 Å². The van der Waals surface area contributed by atoms with Crippen LogP contribution in [0.5, 0.6) is 0 Å². The summed E-state index contributed by atoms with van der Waals surface area (Å²) in [6.07, 6.45) is 1.53. The largest absolute Gasteiger partial charge is 0.463 e. The van der Waals surface area contributed by atoms with Gasteiger partial charge in [-0.15, -0.1) is 0 Å². The van der Waals surface area contributed by atoms with Gasteiger partial charge in [-0.3, -0.25) is 0 Å². The Hall–Kier alpha value is -2.43. The molecule has 0 unspecified atom stereocenters. The molecule has 0 atom stereocenters. The molecule has 3 rings (SSSR count). The van der Waals surface area contributed by atoms with Crippen molar-refractivity contribution in [2.24, 2.45) is 0 Å². The van der Waals surface area contributed by atoms with E-state index in [9.17, 15) is 4.39 Å². The van der Waals surface area contributed by atoms with Crippen molar-refractivity contribution in [3.8, 4) is 11.5 Å². The number of anilines is 1. The minimum Gasteiger partial charge on any atom is -0.463 e. The normalized spacial score (nSPS) is 10.9. The van der Waals surface area contributed by atoms with Crippen LogP contribution in [0.4, 0.5) is 10.3 Å². The van der Waals surface area contributed by atoms with Gasteiger partial charge >= 0.3 is 0 Å². The third kappa shape index (κ3) is 1.52. The Kier molecular flexibility index (Phi) is 2.04. The van der Waals surface area contributed by atoms with Crippen LogP contribution in [0, 0.1) is 5.82 Å². The molecule has 2 heterocycles. The van der Waals surface area contributed by atoms with Gasteiger partial charge in [0.1, 0.15) is 17.0 Å². The fraction of sp³-hybridized carbons (Fsp3) is 0. The van der Waals surface area contributed by atoms with E-state index in [0.717, 1.165) is 0 Å². The van der Waals surface area contributed by atoms with E-state index in [0.29, 0.717) is 16.8 Å². The summed E-state index contributed by atoms with van der Waals surface area (Å²) in [7, 11) is 0. The number of aromatic nitrogens is 2. The van der Waals surface area contributed by atoms with Gasteiger partial charge in [0, 0.05) is 5.39 Å². The molecule has 3 aromatic rings. The van der Waals surface area contributed by atoms with E-state index in [1.807, 2.05) is 0 Å². The van der Waals surface area contributed by atoms with Crippen LogP contribution in [0.25, 0.3) is 22.4 Å². The lowest BCUT2D eigenvalue weighted by Crippen LogP contribution is -1.99. The molecule has 0 fully saturated rings. The molecule has 2 aromatic heterocycles. The second-order valence-electron chi connectivity index (χ2n) is 3.54. The van der Waals surface area contributed by atoms with Gasteiger partial charge in [0.15, 0.2) is 5.76 Å². The Bertz CT molecular complexity index is 680. The zero-order chi connectivity index (χ0) is 11.8. The van der Waals surface area contributed by atoms with Gasteiger partial charge < -0.3 is 10.2 Å². The van der Waals surface area contributed by atoms with Crippen molar-refractivity contribution in [3.05, 3.63) is 42.4 Å². The Morgan fingerprint density at radius 3 is 2.76 bits per heavy atom. The molecule has 0 aliphatic rings. The van der Waals surface area contributed by atoms with Crippen molar-refractivity contribution >= 4 is 16.9 Å². The van der Waals surface area contributed by atoms with Gasteiger partial charge in [-0.25, -0.2) is 14.4 Å². The summed E-state index contributed by atoms with van der Waals surface area (Å²) < 4.78 is 18.9. The molecule has 2 N–H and O–H groups in total. The van der Waals surface area contributed by atoms with Gasteiger partial charge in [-0.1, -0.05) is 12.1 Å². The molecular formula is C12H8FN3O. The highest BCUT2D eigenvalue weighted by molar-refractivity contribution is 5.92. The van der Waals surface area contributed by atoms with E-state index in [4.69, 9.17) is 10.2 Å². The Balaban J connectivity index is 2.42. The number of hydrogen-bond donors (Lipinski definition) is 1. The number of rotatable bonds is 1. The predicted molar refractivity (Wildman–Crippen MR) is 61.6 cm³/mol. The number of nitrogens with zero attached hydrogens (tertiary/aromatic N) is 2. The zero-order valence-corrected chi connectivity index (χ0v) is 8.72. The van der Waals surface area contributed by atoms with E-state index >= 15 is 0 Å². The second-order valence-corrected chi connectivity index (χ2v) is 3.54. The quantitative estimate of drug-likeness (QED) is 0.696. The number of nitrogen functional groups attached to an aromatic ring is 1. The fourth-order valence-electron chi connectivity index (χ4n) is 1.74. The smallest absolute Gasteiger partial charge is 0.221 e. The zero-order valence-electron chi connectivity index (χ0n) is 8.72. The van der Waals surface area contributed by atoms with Crippen molar-refractivity contribution in [2.45, 2.75) is 0 Å². The van der Waals surface area contributed by atoms with Crippen LogP contribution in [-0.2, 0) is 0 Å². The van der Waals surface area contributed by atoms with Gasteiger partial charge in [0.05, 0.1) is 6.26 Å². The molecule has 0 bridgehead atoms. The third-order valence-corrected chi connectivity index (χ3v) is 2.45. The predicted octanol–water partition coefficient (Wildman–Crippen LogP) is 2.61. The van der Waals surface area contributed by atoms with Crippen LogP contribution in [0.2, 0.25) is 0 Å². The minimum atomic E-state index is -0.426. The summed E-state index contributed by atoms with van der Waals surface area (Å²) in [5.74, 6) is 0.133. The molecule has 0 aliphatic heterocycles. The van der Waals surface area contributed by atoms with Crippen molar-refractivity contribution in [2.75, 3.05) is 5.73 Å². The first-order chi connectivity index (χ1) is 8.25. The summed E-state index contributed by atoms with van der Waals surface area (Å²) in [4.78, 5) is 7.99. The van der Waals surface area contributed by atoms with Crippen LogP contribution < -0.4 is 5.73 Å². The minimum absolute atomic E-state index is 0.0222. The van der Waals surface area contributed by atoms with E-state index in [-0.39, 0.29) is 11.5 Å². The van der Waals surface area contributed by atoms with Crippen molar-refractivity contribution < 1.29 is 8.81 Å². The highest BCUT2D eigenvalue weighted by atomic mass is 19.1. The van der Waals surface area contributed by atoms with Crippen molar-refractivity contribution in [1.29, 1.82) is 0 Å². The van der Waals surface area contributed by atoms with E-state index in [1.165, 1.54) is 12.3 Å². The number of hydrogen-bond acceptors (Lipinski definition) is 4. The number of para-hydroxylation sites is 1. The van der Waals surface area contributed by atoms with E-state index in [2.05, 4.69) is 9.97 Å². The molecule has 0 radical (unpaired) electrons. The molecular weight excluding hydrogens is 221 g/mol. The molecule has 4 nitrogen and oxygen atoms in total. The molecule has 17 heavy (non-hydrogen) atoms. The maximum Gasteiger partial charge on any atom is 0.221 e. The molecule has 0 saturated heterocycles. The molecule has 1 aromatic carbocycles. The Morgan fingerprint density at radius 2 is 2.00 bits per heavy atom. The average molecular weight is 229 g/mol. The molecule has 0 aliphatic carbocycles. The maximum atomic E-state index is 13.6. The third-order valence-electron chi connectivity index (χ3n) is 2.45. The van der Waals surface area contributed by atoms with Crippen molar-refractivity contribution in [1.82, 2.24) is 9.97 Å². The second kappa shape index (κ2) is 3.55. The summed E-state index contributed by atoms with van der Waals surface area (Å²) in [6, 6.07) is 8.14. The first-order valence-electron chi connectivity index (χ1n) is 5.01. The molecule has 0 amide bonds. The number of halogens is 1. The highest BCUT2D eigenvalue weighted by Gasteiger charge is 2.12. The monoisotopic (exact) mass is 229 g/mol. The number of nitrogens with two attached hydrogens (primary N) is 1. The first kappa shape index (κ1) is 9.77. The maximum absolute atomic E-state index is 13.6. The van der Waals surface area contributed by atoms with Crippen LogP contribution in [0.1, 0.15) is 0 Å². The Morgan fingerprint density at radius 1 is 1.12 bits per heavy atom. The lowest BCUT2D eigenvalue weighted by Gasteiger charge is -2.04. The number of furan rings is 1. The van der Waals surface area contributed by atoms with Gasteiger partial charge in [0.2, 0.25) is 5.95 Å². The fourth-order valence-corrected chi connectivity index (χ4v) is 1.74. The first-order valence-corrected chi connectivity index (χ1v) is 5.01. The molecule has 0 spiro atoms. The van der Waals surface area contributed by atoms with E-state index in [1.54, 1.807) is 24.3 Å². The summed E-state index contributed by atoms with van der Waals surface area (Å²) >= 11 is 0. The number of fused-ring (bicyclic) bond motifs is 1. The lowest BCUT2D eigenvalue weighted by molar-refractivity contribution is 0.580. The molecule has 84 valence electrons. The van der Waals surface area contributed by atoms with Crippen LogP contribution in [0.3, 0.4) is 0 Å². The lowest BCUT2D eigenvalue weighted by atomic mass is 10.1. The standard InChI is InChI=1S/C12H8FN3O/c13-8-4-1-3-7-10(8)15-12(14)16-11(7)9-5-2-6-17-9/h1-6H,(H2,14,15,16). The Labute approximate surface area is 95.9 Å². The summed E-state index contributed by atoms with van der Waals surface area (Å²) in [5.41, 5.74) is 6.27. The van der Waals surface area contributed by atoms with Crippen LogP contribution in [0.15, 0.2) is 41.0 Å². The van der Waals surface area contributed by atoms with Crippen molar-refractivity contribution in [3.63, 3.8) is 0 Å². The molecule has 0 saturated carbocycles. The van der Waals surface area contributed by atoms with Gasteiger partial charge in [-0.05, 0) is 18.2 Å². The molecule has 5 heteroatoms.